The minimum Gasteiger partial charge on any atom is -0.344 e. The highest BCUT2D eigenvalue weighted by atomic mass is 16.1. The summed E-state index contributed by atoms with van der Waals surface area (Å²) in [5, 5.41) is 6.60. The zero-order chi connectivity index (χ0) is 22.9. The van der Waals surface area contributed by atoms with Gasteiger partial charge in [0.1, 0.15) is 11.0 Å². The summed E-state index contributed by atoms with van der Waals surface area (Å²) in [5.41, 5.74) is 9.92. The van der Waals surface area contributed by atoms with E-state index in [0.29, 0.717) is 37.2 Å². The first-order valence-electron chi connectivity index (χ1n) is 11.5. The van der Waals surface area contributed by atoms with E-state index in [-0.39, 0.29) is 5.56 Å². The SMILES string of the molecule is Cc1cc2ccccc2c(Cn2ncc3nc(N(C)CCN)n(CC4=CCCC4)c3c2=O)n1. The van der Waals surface area contributed by atoms with Crippen LogP contribution in [-0.2, 0) is 13.1 Å². The molecule has 1 aromatic carbocycles. The van der Waals surface area contributed by atoms with Crippen LogP contribution in [-0.4, -0.2) is 44.5 Å². The summed E-state index contributed by atoms with van der Waals surface area (Å²) in [5.74, 6) is 0.749. The molecule has 0 saturated heterocycles. The highest BCUT2D eigenvalue weighted by molar-refractivity contribution is 5.85. The molecule has 0 atom stereocenters. The third-order valence-corrected chi connectivity index (χ3v) is 6.28. The van der Waals surface area contributed by atoms with Crippen molar-refractivity contribution >= 4 is 27.8 Å². The Morgan fingerprint density at radius 1 is 1.18 bits per heavy atom. The fraction of sp³-hybridized carbons (Fsp3) is 0.360. The average Bonchev–Trinajstić information content (AvgIpc) is 3.44. The van der Waals surface area contributed by atoms with Gasteiger partial charge in [0.15, 0.2) is 0 Å². The molecule has 8 nitrogen and oxygen atoms in total. The molecule has 1 aliphatic carbocycles. The molecule has 0 saturated carbocycles. The van der Waals surface area contributed by atoms with E-state index >= 15 is 0 Å². The minimum atomic E-state index is -0.154. The summed E-state index contributed by atoms with van der Waals surface area (Å²) < 4.78 is 3.54. The molecule has 0 unspecified atom stereocenters. The molecule has 0 aliphatic heterocycles. The van der Waals surface area contributed by atoms with Gasteiger partial charge in [-0.25, -0.2) is 9.67 Å². The smallest absolute Gasteiger partial charge is 0.293 e. The number of nitrogens with two attached hydrogens (primary N) is 1. The molecule has 5 rings (SSSR count). The van der Waals surface area contributed by atoms with E-state index in [0.717, 1.165) is 47.4 Å². The van der Waals surface area contributed by atoms with Crippen molar-refractivity contribution in [2.24, 2.45) is 5.73 Å². The van der Waals surface area contributed by atoms with Crippen molar-refractivity contribution in [1.29, 1.82) is 0 Å². The maximum atomic E-state index is 13.7. The first-order chi connectivity index (χ1) is 16.0. The summed E-state index contributed by atoms with van der Waals surface area (Å²) >= 11 is 0. The van der Waals surface area contributed by atoms with Crippen LogP contribution in [0.3, 0.4) is 0 Å². The summed E-state index contributed by atoms with van der Waals surface area (Å²) in [4.78, 5) is 25.2. The van der Waals surface area contributed by atoms with Gasteiger partial charge in [0.2, 0.25) is 5.95 Å². The molecule has 1 aliphatic rings. The number of imidazole rings is 1. The van der Waals surface area contributed by atoms with E-state index in [4.69, 9.17) is 15.7 Å². The minimum absolute atomic E-state index is 0.154. The number of aryl methyl sites for hydroxylation is 1. The number of anilines is 1. The highest BCUT2D eigenvalue weighted by Gasteiger charge is 2.21. The lowest BCUT2D eigenvalue weighted by molar-refractivity contribution is 0.632. The fourth-order valence-electron chi connectivity index (χ4n) is 4.68. The summed E-state index contributed by atoms with van der Waals surface area (Å²) in [6.45, 7) is 4.10. The zero-order valence-electron chi connectivity index (χ0n) is 19.2. The van der Waals surface area contributed by atoms with E-state index in [1.165, 1.54) is 10.3 Å². The maximum Gasteiger partial charge on any atom is 0.293 e. The molecule has 0 bridgehead atoms. The van der Waals surface area contributed by atoms with Crippen molar-refractivity contribution in [2.75, 3.05) is 25.0 Å². The largest absolute Gasteiger partial charge is 0.344 e. The Bertz CT molecular complexity index is 1420. The lowest BCUT2D eigenvalue weighted by Crippen LogP contribution is -2.29. The molecule has 2 N–H and O–H groups in total. The van der Waals surface area contributed by atoms with Gasteiger partial charge in [0.05, 0.1) is 18.4 Å². The van der Waals surface area contributed by atoms with Gasteiger partial charge in [-0.15, -0.1) is 0 Å². The van der Waals surface area contributed by atoms with E-state index in [9.17, 15) is 4.79 Å². The van der Waals surface area contributed by atoms with Crippen LogP contribution in [0.4, 0.5) is 5.95 Å². The monoisotopic (exact) mass is 443 g/mol. The van der Waals surface area contributed by atoms with Gasteiger partial charge < -0.3 is 15.2 Å². The second kappa shape index (κ2) is 8.78. The second-order valence-electron chi connectivity index (χ2n) is 8.74. The van der Waals surface area contributed by atoms with Gasteiger partial charge in [-0.05, 0) is 37.6 Å². The number of hydrogen-bond donors (Lipinski definition) is 1. The van der Waals surface area contributed by atoms with Crippen LogP contribution in [0.15, 0.2) is 53.0 Å². The van der Waals surface area contributed by atoms with Crippen LogP contribution in [0, 0.1) is 6.92 Å². The molecule has 3 heterocycles. The van der Waals surface area contributed by atoms with Crippen LogP contribution >= 0.6 is 0 Å². The van der Waals surface area contributed by atoms with E-state index in [2.05, 4.69) is 23.3 Å². The molecular formula is C25H29N7O. The standard InChI is InChI=1S/C25H29N7O/c1-17-13-19-9-5-6-10-20(19)22(28-17)16-32-24(33)23-21(14-27-32)29-25(30(2)12-11-26)31(23)15-18-7-3-4-8-18/h5-7,9-10,13-14H,3-4,8,11-12,15-16,26H2,1-2H3. The van der Waals surface area contributed by atoms with E-state index in [1.54, 1.807) is 6.20 Å². The number of rotatable bonds is 7. The van der Waals surface area contributed by atoms with Gasteiger partial charge in [0.25, 0.3) is 5.56 Å². The Hall–Kier alpha value is -3.52. The maximum absolute atomic E-state index is 13.7. The third-order valence-electron chi connectivity index (χ3n) is 6.28. The van der Waals surface area contributed by atoms with E-state index < -0.39 is 0 Å². The van der Waals surface area contributed by atoms with Crippen LogP contribution in [0.2, 0.25) is 0 Å². The average molecular weight is 444 g/mol. The first kappa shape index (κ1) is 21.3. The Labute approximate surface area is 192 Å². The third kappa shape index (κ3) is 4.02. The molecule has 8 heteroatoms. The quantitative estimate of drug-likeness (QED) is 0.441. The summed E-state index contributed by atoms with van der Waals surface area (Å²) in [7, 11) is 1.96. The number of likely N-dealkylation sites (N-methyl/N-ethyl adjacent to an activating group) is 1. The van der Waals surface area contributed by atoms with Gasteiger partial charge in [-0.1, -0.05) is 35.9 Å². The summed E-state index contributed by atoms with van der Waals surface area (Å²) in [6, 6.07) is 10.2. The van der Waals surface area contributed by atoms with Crippen LogP contribution in [0.25, 0.3) is 21.8 Å². The molecule has 3 aromatic heterocycles. The van der Waals surface area contributed by atoms with Crippen LogP contribution < -0.4 is 16.2 Å². The Morgan fingerprint density at radius 3 is 2.82 bits per heavy atom. The van der Waals surface area contributed by atoms with Crippen LogP contribution in [0.1, 0.15) is 30.7 Å². The Kier molecular flexibility index (Phi) is 5.68. The van der Waals surface area contributed by atoms with Gasteiger partial charge in [-0.2, -0.15) is 5.10 Å². The Balaban J connectivity index is 1.63. The number of aromatic nitrogens is 5. The normalized spacial score (nSPS) is 13.7. The molecule has 4 aromatic rings. The van der Waals surface area contributed by atoms with Crippen molar-refractivity contribution in [3.05, 3.63) is 69.9 Å². The predicted molar refractivity (Wildman–Crippen MR) is 132 cm³/mol. The van der Waals surface area contributed by atoms with Gasteiger partial charge >= 0.3 is 0 Å². The second-order valence-corrected chi connectivity index (χ2v) is 8.74. The molecular weight excluding hydrogens is 414 g/mol. The van der Waals surface area contributed by atoms with Crippen LogP contribution in [0.5, 0.6) is 0 Å². The molecule has 0 fully saturated rings. The van der Waals surface area contributed by atoms with Gasteiger partial charge in [0, 0.05) is 37.8 Å². The highest BCUT2D eigenvalue weighted by Crippen LogP contribution is 2.25. The lowest BCUT2D eigenvalue weighted by Gasteiger charge is -2.19. The van der Waals surface area contributed by atoms with E-state index in [1.807, 2.05) is 41.6 Å². The van der Waals surface area contributed by atoms with Gasteiger partial charge in [-0.3, -0.25) is 9.78 Å². The molecule has 33 heavy (non-hydrogen) atoms. The number of nitrogens with zero attached hydrogens (tertiary/aromatic N) is 6. The lowest BCUT2D eigenvalue weighted by atomic mass is 10.1. The summed E-state index contributed by atoms with van der Waals surface area (Å²) in [6.07, 6.45) is 7.27. The number of hydrogen-bond acceptors (Lipinski definition) is 6. The van der Waals surface area contributed by atoms with Crippen molar-refractivity contribution in [3.8, 4) is 0 Å². The number of allylic oxidation sites excluding steroid dienone is 2. The molecule has 0 amide bonds. The first-order valence-corrected chi connectivity index (χ1v) is 11.5. The predicted octanol–water partition coefficient (Wildman–Crippen LogP) is 3.00. The Morgan fingerprint density at radius 2 is 2.03 bits per heavy atom. The zero-order valence-corrected chi connectivity index (χ0v) is 19.2. The fourth-order valence-corrected chi connectivity index (χ4v) is 4.68. The molecule has 170 valence electrons. The topological polar surface area (TPSA) is 94.9 Å². The number of pyridine rings is 1. The molecule has 0 radical (unpaired) electrons. The number of fused-ring (bicyclic) bond motifs is 2. The van der Waals surface area contributed by atoms with Crippen molar-refractivity contribution < 1.29 is 0 Å². The number of benzene rings is 1. The van der Waals surface area contributed by atoms with Crippen molar-refractivity contribution in [2.45, 2.75) is 39.3 Å². The molecule has 0 spiro atoms. The van der Waals surface area contributed by atoms with Crippen molar-refractivity contribution in [3.63, 3.8) is 0 Å². The van der Waals surface area contributed by atoms with Crippen molar-refractivity contribution in [1.82, 2.24) is 24.3 Å².